The SMILES string of the molecule is C[C@@H](O)CN1CCC(CNCc2cccc(OC(F)(F)F)c2)CC1. The maximum atomic E-state index is 12.2. The van der Waals surface area contributed by atoms with Gasteiger partial charge < -0.3 is 20.1 Å². The topological polar surface area (TPSA) is 44.7 Å². The normalized spacial score (nSPS) is 18.5. The molecule has 1 aromatic carbocycles. The van der Waals surface area contributed by atoms with Crippen molar-refractivity contribution in [2.75, 3.05) is 26.2 Å². The molecule has 2 N–H and O–H groups in total. The van der Waals surface area contributed by atoms with Gasteiger partial charge in [0.2, 0.25) is 0 Å². The predicted octanol–water partition coefficient (Wildman–Crippen LogP) is 2.77. The summed E-state index contributed by atoms with van der Waals surface area (Å²) in [6.07, 6.45) is -2.83. The minimum atomic E-state index is -4.66. The molecule has 4 nitrogen and oxygen atoms in total. The third kappa shape index (κ3) is 7.07. The summed E-state index contributed by atoms with van der Waals surface area (Å²) < 4.78 is 40.6. The summed E-state index contributed by atoms with van der Waals surface area (Å²) in [4.78, 5) is 2.26. The standard InChI is InChI=1S/C17H25F3N2O2/c1-13(23)12-22-7-5-14(6-8-22)10-21-11-15-3-2-4-16(9-15)24-17(18,19)20/h2-4,9,13-14,21,23H,5-8,10-12H2,1H3/t13-/m1/s1. The van der Waals surface area contributed by atoms with Crippen LogP contribution in [0, 0.1) is 5.92 Å². The van der Waals surface area contributed by atoms with E-state index >= 15 is 0 Å². The van der Waals surface area contributed by atoms with Crippen molar-refractivity contribution in [3.8, 4) is 5.75 Å². The molecule has 0 aromatic heterocycles. The third-order valence-electron chi connectivity index (χ3n) is 4.12. The number of hydrogen-bond donors (Lipinski definition) is 2. The Morgan fingerprint density at radius 1 is 1.33 bits per heavy atom. The van der Waals surface area contributed by atoms with E-state index in [0.29, 0.717) is 19.0 Å². The number of benzene rings is 1. The molecule has 0 amide bonds. The highest BCUT2D eigenvalue weighted by Crippen LogP contribution is 2.23. The van der Waals surface area contributed by atoms with E-state index in [1.165, 1.54) is 12.1 Å². The predicted molar refractivity (Wildman–Crippen MR) is 85.7 cm³/mol. The highest BCUT2D eigenvalue weighted by Gasteiger charge is 2.31. The van der Waals surface area contributed by atoms with Gasteiger partial charge in [0, 0.05) is 13.1 Å². The van der Waals surface area contributed by atoms with Gasteiger partial charge in [0.25, 0.3) is 0 Å². The molecular formula is C17H25F3N2O2. The van der Waals surface area contributed by atoms with Crippen LogP contribution in [-0.4, -0.2) is 48.7 Å². The fraction of sp³-hybridized carbons (Fsp3) is 0.647. The minimum absolute atomic E-state index is 0.187. The first-order valence-electron chi connectivity index (χ1n) is 8.27. The van der Waals surface area contributed by atoms with Crippen molar-refractivity contribution in [3.05, 3.63) is 29.8 Å². The number of likely N-dealkylation sites (tertiary alicyclic amines) is 1. The van der Waals surface area contributed by atoms with Crippen LogP contribution in [0.4, 0.5) is 13.2 Å². The number of ether oxygens (including phenoxy) is 1. The Morgan fingerprint density at radius 2 is 2.04 bits per heavy atom. The summed E-state index contributed by atoms with van der Waals surface area (Å²) in [6.45, 7) is 5.82. The molecule has 0 spiro atoms. The largest absolute Gasteiger partial charge is 0.573 e. The molecule has 136 valence electrons. The van der Waals surface area contributed by atoms with Crippen LogP contribution in [0.15, 0.2) is 24.3 Å². The first kappa shape index (κ1) is 19.0. The summed E-state index contributed by atoms with van der Waals surface area (Å²) >= 11 is 0. The van der Waals surface area contributed by atoms with Crippen LogP contribution in [0.25, 0.3) is 0 Å². The van der Waals surface area contributed by atoms with Crippen molar-refractivity contribution in [2.24, 2.45) is 5.92 Å². The number of nitrogens with one attached hydrogen (secondary N) is 1. The summed E-state index contributed by atoms with van der Waals surface area (Å²) in [5.41, 5.74) is 0.767. The summed E-state index contributed by atoms with van der Waals surface area (Å²) in [7, 11) is 0. The lowest BCUT2D eigenvalue weighted by molar-refractivity contribution is -0.274. The molecule has 1 aliphatic rings. The second-order valence-corrected chi connectivity index (χ2v) is 6.42. The van der Waals surface area contributed by atoms with Crippen molar-refractivity contribution in [1.29, 1.82) is 0 Å². The molecule has 2 rings (SSSR count). The Balaban J connectivity index is 1.70. The van der Waals surface area contributed by atoms with Crippen LogP contribution in [0.5, 0.6) is 5.75 Å². The summed E-state index contributed by atoms with van der Waals surface area (Å²) in [5, 5.41) is 12.7. The van der Waals surface area contributed by atoms with Crippen LogP contribution in [0.2, 0.25) is 0 Å². The van der Waals surface area contributed by atoms with E-state index in [0.717, 1.165) is 38.0 Å². The van der Waals surface area contributed by atoms with Gasteiger partial charge in [-0.25, -0.2) is 0 Å². The number of β-amino-alcohol motifs (C(OH)–C–C–N with tert-alkyl or cyclic N) is 1. The van der Waals surface area contributed by atoms with Crippen molar-refractivity contribution in [1.82, 2.24) is 10.2 Å². The molecule has 0 bridgehead atoms. The Hall–Kier alpha value is -1.31. The van der Waals surface area contributed by atoms with Crippen molar-refractivity contribution in [2.45, 2.75) is 38.8 Å². The number of aliphatic hydroxyl groups is 1. The number of halogens is 3. The highest BCUT2D eigenvalue weighted by molar-refractivity contribution is 5.28. The zero-order valence-electron chi connectivity index (χ0n) is 13.9. The fourth-order valence-electron chi connectivity index (χ4n) is 3.02. The molecule has 1 saturated heterocycles. The molecular weight excluding hydrogens is 321 g/mol. The number of alkyl halides is 3. The number of aliphatic hydroxyl groups excluding tert-OH is 1. The summed E-state index contributed by atoms with van der Waals surface area (Å²) in [5.74, 6) is 0.373. The molecule has 1 heterocycles. The zero-order valence-corrected chi connectivity index (χ0v) is 13.9. The lowest BCUT2D eigenvalue weighted by Crippen LogP contribution is -2.40. The smallest absolute Gasteiger partial charge is 0.406 e. The van der Waals surface area contributed by atoms with E-state index in [1.807, 2.05) is 0 Å². The monoisotopic (exact) mass is 346 g/mol. The number of rotatable bonds is 7. The van der Waals surface area contributed by atoms with Gasteiger partial charge >= 0.3 is 6.36 Å². The van der Waals surface area contributed by atoms with Crippen LogP contribution < -0.4 is 10.1 Å². The Labute approximate surface area is 140 Å². The number of hydrogen-bond acceptors (Lipinski definition) is 4. The average molecular weight is 346 g/mol. The molecule has 0 aliphatic carbocycles. The van der Waals surface area contributed by atoms with E-state index in [4.69, 9.17) is 0 Å². The van der Waals surface area contributed by atoms with Gasteiger partial charge in [0.1, 0.15) is 5.75 Å². The third-order valence-corrected chi connectivity index (χ3v) is 4.12. The molecule has 24 heavy (non-hydrogen) atoms. The summed E-state index contributed by atoms with van der Waals surface area (Å²) in [6, 6.07) is 6.05. The fourth-order valence-corrected chi connectivity index (χ4v) is 3.02. The number of piperidine rings is 1. The van der Waals surface area contributed by atoms with Crippen molar-refractivity contribution < 1.29 is 23.0 Å². The second kappa shape index (κ2) is 8.69. The zero-order chi connectivity index (χ0) is 17.6. The highest BCUT2D eigenvalue weighted by atomic mass is 19.4. The van der Waals surface area contributed by atoms with Gasteiger partial charge in [-0.05, 0) is 63.0 Å². The Bertz CT molecular complexity index is 501. The van der Waals surface area contributed by atoms with E-state index in [9.17, 15) is 18.3 Å². The lowest BCUT2D eigenvalue weighted by atomic mass is 9.96. The molecule has 0 saturated carbocycles. The van der Waals surface area contributed by atoms with Crippen molar-refractivity contribution in [3.63, 3.8) is 0 Å². The van der Waals surface area contributed by atoms with Gasteiger partial charge in [0.15, 0.2) is 0 Å². The van der Waals surface area contributed by atoms with Crippen molar-refractivity contribution >= 4 is 0 Å². The molecule has 0 radical (unpaired) electrons. The van der Waals surface area contributed by atoms with Crippen LogP contribution >= 0.6 is 0 Å². The van der Waals surface area contributed by atoms with Gasteiger partial charge in [0.05, 0.1) is 6.10 Å². The van der Waals surface area contributed by atoms with Gasteiger partial charge in [-0.1, -0.05) is 12.1 Å². The molecule has 1 fully saturated rings. The molecule has 7 heteroatoms. The van der Waals surface area contributed by atoms with E-state index in [1.54, 1.807) is 19.1 Å². The van der Waals surface area contributed by atoms with Crippen LogP contribution in [0.1, 0.15) is 25.3 Å². The molecule has 1 aromatic rings. The molecule has 0 unspecified atom stereocenters. The van der Waals surface area contributed by atoms with E-state index in [-0.39, 0.29) is 11.9 Å². The molecule has 1 aliphatic heterocycles. The molecule has 1 atom stereocenters. The minimum Gasteiger partial charge on any atom is -0.406 e. The van der Waals surface area contributed by atoms with Gasteiger partial charge in [-0.3, -0.25) is 0 Å². The van der Waals surface area contributed by atoms with Crippen LogP contribution in [0.3, 0.4) is 0 Å². The first-order valence-corrected chi connectivity index (χ1v) is 8.27. The van der Waals surface area contributed by atoms with Gasteiger partial charge in [-0.15, -0.1) is 13.2 Å². The second-order valence-electron chi connectivity index (χ2n) is 6.42. The Kier molecular flexibility index (Phi) is 6.89. The average Bonchev–Trinajstić information content (AvgIpc) is 2.47. The number of nitrogens with zero attached hydrogens (tertiary/aromatic N) is 1. The maximum absolute atomic E-state index is 12.2. The van der Waals surface area contributed by atoms with E-state index in [2.05, 4.69) is 15.0 Å². The quantitative estimate of drug-likeness (QED) is 0.797. The van der Waals surface area contributed by atoms with Crippen LogP contribution in [-0.2, 0) is 6.54 Å². The maximum Gasteiger partial charge on any atom is 0.573 e. The van der Waals surface area contributed by atoms with Gasteiger partial charge in [-0.2, -0.15) is 0 Å². The first-order chi connectivity index (χ1) is 11.3. The lowest BCUT2D eigenvalue weighted by Gasteiger charge is -2.32. The Morgan fingerprint density at radius 3 is 2.67 bits per heavy atom. The van der Waals surface area contributed by atoms with E-state index < -0.39 is 6.36 Å².